The number of hydrogen-bond acceptors (Lipinski definition) is 6. The number of amides is 2. The predicted molar refractivity (Wildman–Crippen MR) is 170 cm³/mol. The number of urea groups is 1. The maximum absolute atomic E-state index is 14.2. The lowest BCUT2D eigenvalue weighted by molar-refractivity contribution is 0.0544. The number of rotatable bonds is 7. The van der Waals surface area contributed by atoms with Crippen LogP contribution in [0.4, 0.5) is 18.4 Å². The molecule has 2 amide bonds. The van der Waals surface area contributed by atoms with Gasteiger partial charge in [0.25, 0.3) is 10.0 Å². The maximum Gasteiger partial charge on any atom is 0.419 e. The van der Waals surface area contributed by atoms with Crippen molar-refractivity contribution in [2.45, 2.75) is 43.7 Å². The summed E-state index contributed by atoms with van der Waals surface area (Å²) in [5.74, 6) is -1.66. The topological polar surface area (TPSA) is 119 Å². The normalized spacial score (nSPS) is 12.5. The predicted octanol–water partition coefficient (Wildman–Crippen LogP) is 7.39. The largest absolute Gasteiger partial charge is 0.443 e. The lowest BCUT2D eigenvalue weighted by Gasteiger charge is -2.22. The number of aromatic nitrogens is 2. The van der Waals surface area contributed by atoms with Gasteiger partial charge in [-0.2, -0.15) is 0 Å². The minimum absolute atomic E-state index is 0.0945. The first kappa shape index (κ1) is 32.6. The summed E-state index contributed by atoms with van der Waals surface area (Å²) in [5, 5.41) is 3.17. The lowest BCUT2D eigenvalue weighted by atomic mass is 9.95. The smallest absolute Gasteiger partial charge is 0.419 e. The number of halogens is 3. The Labute approximate surface area is 269 Å². The number of nitrogens with one attached hydrogen (secondary N) is 2. The Hall–Kier alpha value is -4.81. The van der Waals surface area contributed by atoms with E-state index in [-0.39, 0.29) is 27.6 Å². The minimum atomic E-state index is -4.41. The maximum atomic E-state index is 14.2. The first-order valence-electron chi connectivity index (χ1n) is 14.0. The lowest BCUT2D eigenvalue weighted by Crippen LogP contribution is -2.42. The van der Waals surface area contributed by atoms with Gasteiger partial charge in [0.15, 0.2) is 0 Å². The highest BCUT2D eigenvalue weighted by molar-refractivity contribution is 7.90. The highest BCUT2D eigenvalue weighted by Gasteiger charge is 2.27. The number of carbonyl (C=O) groups is 2. The van der Waals surface area contributed by atoms with Crippen LogP contribution in [-0.2, 0) is 21.2 Å². The molecule has 5 rings (SSSR count). The summed E-state index contributed by atoms with van der Waals surface area (Å²) in [6, 6.07) is 16.7. The summed E-state index contributed by atoms with van der Waals surface area (Å²) >= 11 is 6.06. The van der Waals surface area contributed by atoms with Crippen molar-refractivity contribution in [1.29, 1.82) is 0 Å². The van der Waals surface area contributed by atoms with Crippen LogP contribution in [0.1, 0.15) is 38.1 Å². The van der Waals surface area contributed by atoms with Crippen molar-refractivity contribution in [2.24, 2.45) is 0 Å². The van der Waals surface area contributed by atoms with Crippen LogP contribution in [-0.4, -0.2) is 35.7 Å². The van der Waals surface area contributed by atoms with E-state index < -0.39 is 45.4 Å². The summed E-state index contributed by atoms with van der Waals surface area (Å²) in [7, 11) is -4.41. The molecule has 13 heteroatoms. The number of hydrogen-bond donors (Lipinski definition) is 2. The first-order valence-corrected chi connectivity index (χ1v) is 15.9. The van der Waals surface area contributed by atoms with Gasteiger partial charge in [-0.1, -0.05) is 48.0 Å². The van der Waals surface area contributed by atoms with E-state index in [9.17, 15) is 26.8 Å². The third-order valence-corrected chi connectivity index (χ3v) is 8.61. The number of carbonyl (C=O) groups excluding carboxylic acids is 2. The Morgan fingerprint density at radius 1 is 0.957 bits per heavy atom. The zero-order valence-corrected chi connectivity index (χ0v) is 26.5. The highest BCUT2D eigenvalue weighted by Crippen LogP contribution is 2.36. The number of pyridine rings is 1. The monoisotopic (exact) mass is 666 g/mol. The molecule has 3 aromatic carbocycles. The van der Waals surface area contributed by atoms with Crippen molar-refractivity contribution in [3.63, 3.8) is 0 Å². The second kappa shape index (κ2) is 12.9. The van der Waals surface area contributed by atoms with Crippen LogP contribution in [0.5, 0.6) is 0 Å². The Kier molecular flexibility index (Phi) is 9.13. The SMILES string of the molecule is CC(C)(C)OC(=O)n1cc(-c2cccnc2[C@@H](Cc2cc(F)cc(F)c2)NC(=O)NS(=O)(=O)c2ccccc2Cl)c2ccccc21. The average Bonchev–Trinajstić information content (AvgIpc) is 3.35. The summed E-state index contributed by atoms with van der Waals surface area (Å²) in [4.78, 5) is 30.6. The molecule has 9 nitrogen and oxygen atoms in total. The molecule has 0 aliphatic heterocycles. The van der Waals surface area contributed by atoms with Crippen LogP contribution < -0.4 is 10.0 Å². The highest BCUT2D eigenvalue weighted by atomic mass is 35.5. The Morgan fingerprint density at radius 3 is 2.33 bits per heavy atom. The molecule has 46 heavy (non-hydrogen) atoms. The Balaban J connectivity index is 1.59. The van der Waals surface area contributed by atoms with Gasteiger partial charge >= 0.3 is 12.1 Å². The molecule has 2 heterocycles. The number of para-hydroxylation sites is 1. The fourth-order valence-corrected chi connectivity index (χ4v) is 6.42. The van der Waals surface area contributed by atoms with E-state index in [0.29, 0.717) is 28.1 Å². The summed E-state index contributed by atoms with van der Waals surface area (Å²) < 4.78 is 63.4. The molecule has 238 valence electrons. The van der Waals surface area contributed by atoms with Gasteiger partial charge in [0.05, 0.1) is 22.3 Å². The zero-order chi connectivity index (χ0) is 33.2. The average molecular weight is 667 g/mol. The molecule has 0 fully saturated rings. The van der Waals surface area contributed by atoms with E-state index in [0.717, 1.165) is 12.1 Å². The Morgan fingerprint density at radius 2 is 1.63 bits per heavy atom. The molecule has 0 aliphatic carbocycles. The molecular weight excluding hydrogens is 638 g/mol. The van der Waals surface area contributed by atoms with Gasteiger partial charge in [-0.15, -0.1) is 0 Å². The third kappa shape index (κ3) is 7.35. The number of nitrogens with zero attached hydrogens (tertiary/aromatic N) is 2. The standard InChI is InChI=1S/C33H29ClF2N4O5S/c1-33(2,3)45-32(42)40-19-25(23-9-4-6-12-28(23)40)24-10-8-14-37-30(24)27(17-20-15-21(35)18-22(36)16-20)38-31(41)39-46(43,44)29-13-7-5-11-26(29)34/h4-16,18-19,27H,17H2,1-3H3,(H2,38,39,41)/t27-/m1/s1. The Bertz CT molecular complexity index is 2040. The van der Waals surface area contributed by atoms with Crippen molar-refractivity contribution in [2.75, 3.05) is 0 Å². The van der Waals surface area contributed by atoms with Gasteiger partial charge in [0.2, 0.25) is 0 Å². The van der Waals surface area contributed by atoms with Crippen molar-refractivity contribution >= 4 is 44.7 Å². The van der Waals surface area contributed by atoms with Crippen LogP contribution in [0, 0.1) is 11.6 Å². The fraction of sp³-hybridized carbons (Fsp3) is 0.182. The van der Waals surface area contributed by atoms with Crippen LogP contribution in [0.25, 0.3) is 22.0 Å². The van der Waals surface area contributed by atoms with Gasteiger partial charge in [0, 0.05) is 35.0 Å². The van der Waals surface area contributed by atoms with Crippen LogP contribution in [0.15, 0.2) is 96.2 Å². The van der Waals surface area contributed by atoms with Crippen molar-refractivity contribution in [1.82, 2.24) is 19.6 Å². The van der Waals surface area contributed by atoms with E-state index in [1.54, 1.807) is 63.4 Å². The van der Waals surface area contributed by atoms with Crippen LogP contribution >= 0.6 is 11.6 Å². The van der Waals surface area contributed by atoms with Gasteiger partial charge in [0.1, 0.15) is 22.1 Å². The number of sulfonamides is 1. The minimum Gasteiger partial charge on any atom is -0.443 e. The molecule has 0 aliphatic rings. The van der Waals surface area contributed by atoms with Crippen LogP contribution in [0.2, 0.25) is 5.02 Å². The van der Waals surface area contributed by atoms with E-state index in [1.807, 2.05) is 4.72 Å². The van der Waals surface area contributed by atoms with Crippen molar-refractivity contribution in [3.05, 3.63) is 119 Å². The number of fused-ring (bicyclic) bond motifs is 1. The molecule has 1 atom stereocenters. The van der Waals surface area contributed by atoms with Crippen LogP contribution in [0.3, 0.4) is 0 Å². The summed E-state index contributed by atoms with van der Waals surface area (Å²) in [5.41, 5.74) is 1.20. The van der Waals surface area contributed by atoms with E-state index in [2.05, 4.69) is 10.3 Å². The fourth-order valence-electron chi connectivity index (χ4n) is 4.99. The van der Waals surface area contributed by atoms with Gasteiger partial charge in [-0.3, -0.25) is 9.55 Å². The van der Waals surface area contributed by atoms with E-state index in [1.165, 1.54) is 35.0 Å². The molecule has 2 aromatic heterocycles. The molecule has 0 bridgehead atoms. The quantitative estimate of drug-likeness (QED) is 0.187. The number of benzene rings is 3. The zero-order valence-electron chi connectivity index (χ0n) is 24.9. The molecule has 0 spiro atoms. The molecule has 0 radical (unpaired) electrons. The second-order valence-electron chi connectivity index (χ2n) is 11.4. The summed E-state index contributed by atoms with van der Waals surface area (Å²) in [6.45, 7) is 5.25. The molecule has 0 unspecified atom stereocenters. The number of ether oxygens (including phenoxy) is 1. The molecule has 2 N–H and O–H groups in total. The molecule has 0 saturated carbocycles. The van der Waals surface area contributed by atoms with Crippen molar-refractivity contribution in [3.8, 4) is 11.1 Å². The molecular formula is C33H29ClF2N4O5S. The van der Waals surface area contributed by atoms with E-state index >= 15 is 0 Å². The van der Waals surface area contributed by atoms with Gasteiger partial charge < -0.3 is 10.1 Å². The van der Waals surface area contributed by atoms with Gasteiger partial charge in [-0.05, 0) is 69.2 Å². The van der Waals surface area contributed by atoms with Gasteiger partial charge in [-0.25, -0.2) is 31.5 Å². The third-order valence-electron chi connectivity index (χ3n) is 6.78. The van der Waals surface area contributed by atoms with Crippen molar-refractivity contribution < 1.29 is 31.5 Å². The second-order valence-corrected chi connectivity index (χ2v) is 13.4. The molecule has 0 saturated heterocycles. The van der Waals surface area contributed by atoms with E-state index in [4.69, 9.17) is 16.3 Å². The first-order chi connectivity index (χ1) is 21.7. The summed E-state index contributed by atoms with van der Waals surface area (Å²) in [6.07, 6.45) is 2.25. The molecule has 5 aromatic rings.